The molecule has 2 aromatic rings. The van der Waals surface area contributed by atoms with E-state index in [4.69, 9.17) is 0 Å². The van der Waals surface area contributed by atoms with Crippen LogP contribution in [-0.2, 0) is 5.75 Å². The average molecular weight is 235 g/mol. The van der Waals surface area contributed by atoms with Crippen molar-refractivity contribution in [1.29, 1.82) is 0 Å². The van der Waals surface area contributed by atoms with E-state index in [2.05, 4.69) is 15.0 Å². The second-order valence-corrected chi connectivity index (χ2v) is 4.05. The molecular formula is C10H9N3O2S. The summed E-state index contributed by atoms with van der Waals surface area (Å²) in [5.41, 5.74) is -0.320. The summed E-state index contributed by atoms with van der Waals surface area (Å²) in [6.07, 6.45) is 3.12. The first kappa shape index (κ1) is 10.7. The Morgan fingerprint density at radius 3 is 2.88 bits per heavy atom. The van der Waals surface area contributed by atoms with Crippen molar-refractivity contribution in [1.82, 2.24) is 15.0 Å². The van der Waals surface area contributed by atoms with Gasteiger partial charge in [0.1, 0.15) is 0 Å². The van der Waals surface area contributed by atoms with Gasteiger partial charge in [-0.3, -0.25) is 9.78 Å². The molecule has 0 aliphatic heterocycles. The molecule has 0 aromatic carbocycles. The van der Waals surface area contributed by atoms with Gasteiger partial charge in [0.15, 0.2) is 0 Å². The van der Waals surface area contributed by atoms with E-state index in [1.807, 2.05) is 18.2 Å². The molecule has 0 saturated heterocycles. The molecule has 0 spiro atoms. The maximum absolute atomic E-state index is 11.4. The molecule has 82 valence electrons. The van der Waals surface area contributed by atoms with Gasteiger partial charge in [-0.05, 0) is 12.1 Å². The van der Waals surface area contributed by atoms with Crippen LogP contribution >= 0.6 is 11.8 Å². The second kappa shape index (κ2) is 4.80. The van der Waals surface area contributed by atoms with Crippen LogP contribution in [0, 0.1) is 0 Å². The predicted octanol–water partition coefficient (Wildman–Crippen LogP) is 0.750. The van der Waals surface area contributed by atoms with E-state index in [-0.39, 0.29) is 5.56 Å². The van der Waals surface area contributed by atoms with Gasteiger partial charge in [-0.1, -0.05) is 6.07 Å². The first-order valence-corrected chi connectivity index (χ1v) is 5.59. The average Bonchev–Trinajstić information content (AvgIpc) is 2.29. The van der Waals surface area contributed by atoms with Crippen molar-refractivity contribution in [2.45, 2.75) is 10.8 Å². The lowest BCUT2D eigenvalue weighted by Gasteiger charge is -1.99. The zero-order valence-electron chi connectivity index (χ0n) is 8.27. The van der Waals surface area contributed by atoms with Gasteiger partial charge in [0.2, 0.25) is 0 Å². The quantitative estimate of drug-likeness (QED) is 0.769. The van der Waals surface area contributed by atoms with Crippen LogP contribution in [-0.4, -0.2) is 15.0 Å². The number of nitrogens with zero attached hydrogens (tertiary/aromatic N) is 1. The van der Waals surface area contributed by atoms with Crippen molar-refractivity contribution in [3.8, 4) is 0 Å². The van der Waals surface area contributed by atoms with Crippen LogP contribution in [0.4, 0.5) is 0 Å². The summed E-state index contributed by atoms with van der Waals surface area (Å²) in [6.45, 7) is 0. The van der Waals surface area contributed by atoms with Crippen LogP contribution in [0.5, 0.6) is 0 Å². The minimum absolute atomic E-state index is 0.354. The molecule has 0 fully saturated rings. The van der Waals surface area contributed by atoms with Gasteiger partial charge < -0.3 is 4.98 Å². The van der Waals surface area contributed by atoms with Gasteiger partial charge >= 0.3 is 5.69 Å². The molecule has 16 heavy (non-hydrogen) atoms. The third-order valence-corrected chi connectivity index (χ3v) is 2.90. The first-order chi connectivity index (χ1) is 7.75. The Bertz CT molecular complexity index is 576. The first-order valence-electron chi connectivity index (χ1n) is 4.60. The zero-order valence-corrected chi connectivity index (χ0v) is 9.08. The van der Waals surface area contributed by atoms with Crippen LogP contribution in [0.15, 0.2) is 45.2 Å². The number of aromatic amines is 2. The fourth-order valence-electron chi connectivity index (χ4n) is 1.13. The number of nitrogens with one attached hydrogen (secondary N) is 2. The van der Waals surface area contributed by atoms with E-state index in [1.165, 1.54) is 18.0 Å². The lowest BCUT2D eigenvalue weighted by molar-refractivity contribution is 0.999. The summed E-state index contributed by atoms with van der Waals surface area (Å²) >= 11 is 1.44. The van der Waals surface area contributed by atoms with E-state index < -0.39 is 5.69 Å². The molecule has 0 atom stereocenters. The van der Waals surface area contributed by atoms with Crippen LogP contribution in [0.1, 0.15) is 5.56 Å². The molecule has 0 saturated carbocycles. The van der Waals surface area contributed by atoms with Crippen LogP contribution in [0.3, 0.4) is 0 Å². The van der Waals surface area contributed by atoms with E-state index in [9.17, 15) is 9.59 Å². The molecule has 0 aliphatic carbocycles. The molecule has 0 bridgehead atoms. The summed E-state index contributed by atoms with van der Waals surface area (Å²) in [7, 11) is 0. The maximum Gasteiger partial charge on any atom is 0.325 e. The number of pyridine rings is 1. The minimum atomic E-state index is -0.489. The highest BCUT2D eigenvalue weighted by atomic mass is 32.2. The molecule has 2 aromatic heterocycles. The van der Waals surface area contributed by atoms with Gasteiger partial charge in [0, 0.05) is 23.7 Å². The van der Waals surface area contributed by atoms with Crippen LogP contribution in [0.2, 0.25) is 0 Å². The molecule has 5 nitrogen and oxygen atoms in total. The summed E-state index contributed by atoms with van der Waals surface area (Å²) < 4.78 is 0. The number of thioether (sulfide) groups is 1. The van der Waals surface area contributed by atoms with Crippen molar-refractivity contribution in [3.63, 3.8) is 0 Å². The van der Waals surface area contributed by atoms with Crippen molar-refractivity contribution in [2.75, 3.05) is 0 Å². The van der Waals surface area contributed by atoms with Crippen LogP contribution < -0.4 is 11.2 Å². The normalized spacial score (nSPS) is 10.2. The standard InChI is InChI=1S/C10H9N3O2S/c14-9-7(5-12-10(15)13-9)6-16-8-3-1-2-4-11-8/h1-5H,6H2,(H2,12,13,14,15). The number of aromatic nitrogens is 3. The Balaban J connectivity index is 2.11. The number of hydrogen-bond acceptors (Lipinski definition) is 4. The molecule has 6 heteroatoms. The molecule has 2 rings (SSSR count). The van der Waals surface area contributed by atoms with E-state index in [0.29, 0.717) is 11.3 Å². The highest BCUT2D eigenvalue weighted by Gasteiger charge is 2.01. The Hall–Kier alpha value is -1.82. The van der Waals surface area contributed by atoms with E-state index in [0.717, 1.165) is 5.03 Å². The summed E-state index contributed by atoms with van der Waals surface area (Å²) in [6, 6.07) is 5.58. The summed E-state index contributed by atoms with van der Waals surface area (Å²) in [4.78, 5) is 30.9. The molecular weight excluding hydrogens is 226 g/mol. The van der Waals surface area contributed by atoms with Crippen molar-refractivity contribution in [2.24, 2.45) is 0 Å². The summed E-state index contributed by atoms with van der Waals surface area (Å²) in [5.74, 6) is 0.475. The molecule has 2 heterocycles. The van der Waals surface area contributed by atoms with Crippen molar-refractivity contribution >= 4 is 11.8 Å². The van der Waals surface area contributed by atoms with Gasteiger partial charge in [-0.2, -0.15) is 0 Å². The molecule has 0 unspecified atom stereocenters. The monoisotopic (exact) mass is 235 g/mol. The Labute approximate surface area is 95.0 Å². The SMILES string of the molecule is O=c1[nH]cc(CSc2ccccn2)c(=O)[nH]1. The fourth-order valence-corrected chi connectivity index (χ4v) is 1.96. The van der Waals surface area contributed by atoms with Gasteiger partial charge in [0.25, 0.3) is 5.56 Å². The molecule has 2 N–H and O–H groups in total. The second-order valence-electron chi connectivity index (χ2n) is 3.05. The lowest BCUT2D eigenvalue weighted by atomic mass is 10.4. The van der Waals surface area contributed by atoms with Gasteiger partial charge in [-0.25, -0.2) is 9.78 Å². The smallest absolute Gasteiger partial charge is 0.314 e. The number of hydrogen-bond donors (Lipinski definition) is 2. The topological polar surface area (TPSA) is 78.6 Å². The largest absolute Gasteiger partial charge is 0.325 e. The molecule has 0 aliphatic rings. The number of H-pyrrole nitrogens is 2. The van der Waals surface area contributed by atoms with Crippen molar-refractivity contribution in [3.05, 3.63) is 57.0 Å². The van der Waals surface area contributed by atoms with E-state index >= 15 is 0 Å². The summed E-state index contributed by atoms with van der Waals surface area (Å²) in [5, 5.41) is 0.841. The number of rotatable bonds is 3. The third-order valence-electron chi connectivity index (χ3n) is 1.91. The minimum Gasteiger partial charge on any atom is -0.314 e. The Morgan fingerprint density at radius 1 is 1.31 bits per heavy atom. The zero-order chi connectivity index (χ0) is 11.4. The fraction of sp³-hybridized carbons (Fsp3) is 0.100. The van der Waals surface area contributed by atoms with Crippen LogP contribution in [0.25, 0.3) is 0 Å². The predicted molar refractivity (Wildman–Crippen MR) is 61.5 cm³/mol. The molecule has 0 radical (unpaired) electrons. The lowest BCUT2D eigenvalue weighted by Crippen LogP contribution is -2.24. The molecule has 0 amide bonds. The van der Waals surface area contributed by atoms with Gasteiger partial charge in [0.05, 0.1) is 5.03 Å². The Morgan fingerprint density at radius 2 is 2.19 bits per heavy atom. The van der Waals surface area contributed by atoms with E-state index in [1.54, 1.807) is 6.20 Å². The highest BCUT2D eigenvalue weighted by molar-refractivity contribution is 7.98. The van der Waals surface area contributed by atoms with Crippen molar-refractivity contribution < 1.29 is 0 Å². The highest BCUT2D eigenvalue weighted by Crippen LogP contribution is 2.17. The Kier molecular flexibility index (Phi) is 3.21. The maximum atomic E-state index is 11.4. The third kappa shape index (κ3) is 2.60. The van der Waals surface area contributed by atoms with Gasteiger partial charge in [-0.15, -0.1) is 11.8 Å².